The Labute approximate surface area is 97.4 Å². The standard InChI is InChI=1S/C10H15NO4S/c1-10(5-12,6-13)11-4-7-2-3-8(16-7)9(14)15/h2-3,11-13H,4-6H2,1H3,(H,14,15). The van der Waals surface area contributed by atoms with Crippen LogP contribution in [0.4, 0.5) is 0 Å². The van der Waals surface area contributed by atoms with Gasteiger partial charge in [-0.15, -0.1) is 11.3 Å². The maximum absolute atomic E-state index is 10.6. The normalized spacial score (nSPS) is 11.7. The number of hydrogen-bond acceptors (Lipinski definition) is 5. The van der Waals surface area contributed by atoms with Gasteiger partial charge in [-0.05, 0) is 19.1 Å². The molecule has 0 saturated carbocycles. The van der Waals surface area contributed by atoms with Crippen molar-refractivity contribution in [1.29, 1.82) is 0 Å². The van der Waals surface area contributed by atoms with Crippen LogP contribution in [0.1, 0.15) is 21.5 Å². The van der Waals surface area contributed by atoms with Crippen LogP contribution < -0.4 is 5.32 Å². The molecule has 90 valence electrons. The Bertz CT molecular complexity index is 359. The van der Waals surface area contributed by atoms with Crippen molar-refractivity contribution in [2.45, 2.75) is 19.0 Å². The molecule has 1 rings (SSSR count). The third-order valence-electron chi connectivity index (χ3n) is 2.26. The lowest BCUT2D eigenvalue weighted by Crippen LogP contribution is -2.48. The van der Waals surface area contributed by atoms with Crippen molar-refractivity contribution in [3.05, 3.63) is 21.9 Å². The molecule has 5 nitrogen and oxygen atoms in total. The topological polar surface area (TPSA) is 89.8 Å². The predicted molar refractivity (Wildman–Crippen MR) is 60.7 cm³/mol. The van der Waals surface area contributed by atoms with E-state index < -0.39 is 11.5 Å². The highest BCUT2D eigenvalue weighted by Gasteiger charge is 2.21. The minimum atomic E-state index is -0.941. The van der Waals surface area contributed by atoms with E-state index in [1.165, 1.54) is 11.3 Å². The van der Waals surface area contributed by atoms with E-state index in [1.807, 2.05) is 0 Å². The SMILES string of the molecule is CC(CO)(CO)NCc1ccc(C(=O)O)s1. The van der Waals surface area contributed by atoms with Crippen LogP contribution in [0, 0.1) is 0 Å². The quantitative estimate of drug-likeness (QED) is 0.578. The molecule has 16 heavy (non-hydrogen) atoms. The first-order chi connectivity index (χ1) is 7.50. The molecular formula is C10H15NO4S. The van der Waals surface area contributed by atoms with Gasteiger partial charge in [0.15, 0.2) is 0 Å². The molecule has 1 heterocycles. The number of carbonyl (C=O) groups is 1. The maximum atomic E-state index is 10.6. The van der Waals surface area contributed by atoms with Crippen LogP contribution in [0.25, 0.3) is 0 Å². The lowest BCUT2D eigenvalue weighted by atomic mass is 10.1. The Hall–Kier alpha value is -0.950. The summed E-state index contributed by atoms with van der Waals surface area (Å²) in [5.41, 5.74) is -0.743. The van der Waals surface area contributed by atoms with E-state index in [1.54, 1.807) is 19.1 Å². The molecular weight excluding hydrogens is 230 g/mol. The van der Waals surface area contributed by atoms with Gasteiger partial charge in [0.1, 0.15) is 4.88 Å². The average molecular weight is 245 g/mol. The molecule has 0 aromatic carbocycles. The third kappa shape index (κ3) is 3.28. The van der Waals surface area contributed by atoms with E-state index in [4.69, 9.17) is 15.3 Å². The molecule has 0 aliphatic heterocycles. The molecule has 0 atom stereocenters. The highest BCUT2D eigenvalue weighted by atomic mass is 32.1. The molecule has 0 aliphatic carbocycles. The largest absolute Gasteiger partial charge is 0.477 e. The van der Waals surface area contributed by atoms with Gasteiger partial charge in [0, 0.05) is 11.4 Å². The number of aromatic carboxylic acids is 1. The van der Waals surface area contributed by atoms with Gasteiger partial charge in [0.05, 0.1) is 18.8 Å². The molecule has 0 unspecified atom stereocenters. The molecule has 6 heteroatoms. The van der Waals surface area contributed by atoms with Gasteiger partial charge in [-0.3, -0.25) is 0 Å². The monoisotopic (exact) mass is 245 g/mol. The smallest absolute Gasteiger partial charge is 0.345 e. The molecule has 0 amide bonds. The summed E-state index contributed by atoms with van der Waals surface area (Å²) in [5.74, 6) is -0.941. The zero-order valence-electron chi connectivity index (χ0n) is 8.93. The van der Waals surface area contributed by atoms with Gasteiger partial charge in [-0.2, -0.15) is 0 Å². The highest BCUT2D eigenvalue weighted by molar-refractivity contribution is 7.13. The molecule has 4 N–H and O–H groups in total. The minimum absolute atomic E-state index is 0.180. The molecule has 0 fully saturated rings. The fourth-order valence-corrected chi connectivity index (χ4v) is 1.84. The van der Waals surface area contributed by atoms with Gasteiger partial charge < -0.3 is 20.6 Å². The zero-order valence-corrected chi connectivity index (χ0v) is 9.75. The fourth-order valence-electron chi connectivity index (χ4n) is 1.05. The Morgan fingerprint density at radius 1 is 1.44 bits per heavy atom. The first kappa shape index (κ1) is 13.1. The van der Waals surface area contributed by atoms with Gasteiger partial charge >= 0.3 is 5.97 Å². The van der Waals surface area contributed by atoms with Crippen molar-refractivity contribution in [3.63, 3.8) is 0 Å². The lowest BCUT2D eigenvalue weighted by Gasteiger charge is -2.25. The molecule has 1 aromatic rings. The Balaban J connectivity index is 2.57. The predicted octanol–water partition coefficient (Wildman–Crippen LogP) is 0.279. The summed E-state index contributed by atoms with van der Waals surface area (Å²) >= 11 is 1.18. The van der Waals surface area contributed by atoms with Crippen LogP contribution >= 0.6 is 11.3 Å². The highest BCUT2D eigenvalue weighted by Crippen LogP contribution is 2.17. The number of aliphatic hydroxyl groups is 2. The maximum Gasteiger partial charge on any atom is 0.345 e. The van der Waals surface area contributed by atoms with Crippen LogP contribution in [0.5, 0.6) is 0 Å². The van der Waals surface area contributed by atoms with Crippen molar-refractivity contribution >= 4 is 17.3 Å². The Morgan fingerprint density at radius 3 is 2.50 bits per heavy atom. The van der Waals surface area contributed by atoms with Crippen LogP contribution in [0.2, 0.25) is 0 Å². The van der Waals surface area contributed by atoms with Gasteiger partial charge in [0.25, 0.3) is 0 Å². The van der Waals surface area contributed by atoms with Crippen molar-refractivity contribution < 1.29 is 20.1 Å². The van der Waals surface area contributed by atoms with E-state index >= 15 is 0 Å². The summed E-state index contributed by atoms with van der Waals surface area (Å²) in [6.45, 7) is 1.76. The molecule has 1 aromatic heterocycles. The lowest BCUT2D eigenvalue weighted by molar-refractivity contribution is 0.0702. The van der Waals surface area contributed by atoms with E-state index in [-0.39, 0.29) is 18.1 Å². The van der Waals surface area contributed by atoms with Crippen molar-refractivity contribution in [2.75, 3.05) is 13.2 Å². The molecule has 0 spiro atoms. The van der Waals surface area contributed by atoms with Crippen LogP contribution in [-0.2, 0) is 6.54 Å². The van der Waals surface area contributed by atoms with E-state index in [9.17, 15) is 4.79 Å². The molecule has 0 bridgehead atoms. The number of rotatable bonds is 6. The summed E-state index contributed by atoms with van der Waals surface area (Å²) in [5, 5.41) is 29.8. The van der Waals surface area contributed by atoms with E-state index in [0.717, 1.165) is 4.88 Å². The van der Waals surface area contributed by atoms with Gasteiger partial charge in [0.2, 0.25) is 0 Å². The second-order valence-electron chi connectivity index (χ2n) is 3.80. The summed E-state index contributed by atoms with van der Waals surface area (Å²) < 4.78 is 0. The van der Waals surface area contributed by atoms with Gasteiger partial charge in [-0.25, -0.2) is 4.79 Å². The fraction of sp³-hybridized carbons (Fsp3) is 0.500. The summed E-state index contributed by atoms with van der Waals surface area (Å²) in [4.78, 5) is 11.8. The first-order valence-electron chi connectivity index (χ1n) is 4.79. The summed E-state index contributed by atoms with van der Waals surface area (Å²) in [7, 11) is 0. The molecule has 0 aliphatic rings. The second-order valence-corrected chi connectivity index (χ2v) is 4.97. The number of thiophene rings is 1. The zero-order chi connectivity index (χ0) is 12.2. The summed E-state index contributed by atoms with van der Waals surface area (Å²) in [6.07, 6.45) is 0. The van der Waals surface area contributed by atoms with Crippen LogP contribution in [0.3, 0.4) is 0 Å². The minimum Gasteiger partial charge on any atom is -0.477 e. The number of carboxylic acids is 1. The van der Waals surface area contributed by atoms with Crippen molar-refractivity contribution in [2.24, 2.45) is 0 Å². The number of nitrogens with one attached hydrogen (secondary N) is 1. The van der Waals surface area contributed by atoms with Gasteiger partial charge in [-0.1, -0.05) is 0 Å². The van der Waals surface area contributed by atoms with E-state index in [2.05, 4.69) is 5.32 Å². The molecule has 0 radical (unpaired) electrons. The number of aliphatic hydroxyl groups excluding tert-OH is 2. The molecule has 0 saturated heterocycles. The van der Waals surface area contributed by atoms with E-state index in [0.29, 0.717) is 6.54 Å². The Kier molecular flexibility index (Phi) is 4.43. The summed E-state index contributed by atoms with van der Waals surface area (Å²) in [6, 6.07) is 3.26. The van der Waals surface area contributed by atoms with Crippen LogP contribution in [-0.4, -0.2) is 40.0 Å². The van der Waals surface area contributed by atoms with Crippen LogP contribution in [0.15, 0.2) is 12.1 Å². The number of carboxylic acid groups (broad SMARTS) is 1. The first-order valence-corrected chi connectivity index (χ1v) is 5.61. The number of hydrogen-bond donors (Lipinski definition) is 4. The second kappa shape index (κ2) is 5.40. The van der Waals surface area contributed by atoms with Crippen molar-refractivity contribution in [3.8, 4) is 0 Å². The third-order valence-corrected chi connectivity index (χ3v) is 3.33. The van der Waals surface area contributed by atoms with Crippen molar-refractivity contribution in [1.82, 2.24) is 5.32 Å². The average Bonchev–Trinajstić information content (AvgIpc) is 2.75. The Morgan fingerprint density at radius 2 is 2.06 bits per heavy atom.